The fourth-order valence-electron chi connectivity index (χ4n) is 5.99. The number of fused-ring (bicyclic) bond motifs is 18. The molecule has 0 unspecified atom stereocenters. The molecule has 13 nitrogen and oxygen atoms in total. The van der Waals surface area contributed by atoms with E-state index in [1.165, 1.54) is 41.3 Å². The first-order valence-corrected chi connectivity index (χ1v) is 16.4. The van der Waals surface area contributed by atoms with Crippen molar-refractivity contribution in [2.24, 2.45) is 11.8 Å². The van der Waals surface area contributed by atoms with Gasteiger partial charge in [0.25, 0.3) is 5.91 Å². The first kappa shape index (κ1) is 35.5. The first-order valence-electron chi connectivity index (χ1n) is 16.4. The van der Waals surface area contributed by atoms with Crippen LogP contribution in [0.3, 0.4) is 0 Å². The summed E-state index contributed by atoms with van der Waals surface area (Å²) < 4.78 is 39.5. The maximum atomic E-state index is 13.7. The molecular formula is C34H41F2N7O6. The minimum Gasteiger partial charge on any atom is -0.377 e. The van der Waals surface area contributed by atoms with Crippen LogP contribution < -0.4 is 10.6 Å². The van der Waals surface area contributed by atoms with Gasteiger partial charge in [-0.2, -0.15) is 0 Å². The summed E-state index contributed by atoms with van der Waals surface area (Å²) in [6.07, 6.45) is 3.23. The van der Waals surface area contributed by atoms with Crippen molar-refractivity contribution in [2.45, 2.75) is 25.8 Å². The van der Waals surface area contributed by atoms with E-state index >= 15 is 0 Å². The number of hydrogen-bond acceptors (Lipinski definition) is 8. The van der Waals surface area contributed by atoms with E-state index in [9.17, 15) is 28.0 Å². The lowest BCUT2D eigenvalue weighted by molar-refractivity contribution is -0.135. The summed E-state index contributed by atoms with van der Waals surface area (Å²) >= 11 is 0. The van der Waals surface area contributed by atoms with Gasteiger partial charge in [-0.15, -0.1) is 5.10 Å². The number of rotatable bonds is 5. The summed E-state index contributed by atoms with van der Waals surface area (Å²) in [7, 11) is 0. The summed E-state index contributed by atoms with van der Waals surface area (Å²) in [5, 5.41) is 14.1. The number of aryl methyl sites for hydroxylation is 1. The van der Waals surface area contributed by atoms with E-state index in [0.29, 0.717) is 44.7 Å². The Balaban J connectivity index is 1.30. The predicted molar refractivity (Wildman–Crippen MR) is 173 cm³/mol. The van der Waals surface area contributed by atoms with Gasteiger partial charge in [0.05, 0.1) is 26.0 Å². The Morgan fingerprint density at radius 2 is 1.59 bits per heavy atom. The summed E-state index contributed by atoms with van der Waals surface area (Å²) in [5.74, 6) is -2.17. The number of amides is 4. The molecule has 2 N–H and O–H groups in total. The van der Waals surface area contributed by atoms with Crippen molar-refractivity contribution >= 4 is 23.6 Å². The average Bonchev–Trinajstić information content (AvgIpc) is 3.57. The highest BCUT2D eigenvalue weighted by Crippen LogP contribution is 2.30. The lowest BCUT2D eigenvalue weighted by atomic mass is 9.81. The molecule has 1 aromatic heterocycles. The van der Waals surface area contributed by atoms with Crippen molar-refractivity contribution in [2.75, 3.05) is 65.7 Å². The minimum absolute atomic E-state index is 0.0141. The maximum absolute atomic E-state index is 13.7. The third-order valence-electron chi connectivity index (χ3n) is 8.68. The van der Waals surface area contributed by atoms with Crippen LogP contribution in [0.15, 0.2) is 54.7 Å². The summed E-state index contributed by atoms with van der Waals surface area (Å²) in [6.45, 7) is 1.96. The van der Waals surface area contributed by atoms with Gasteiger partial charge in [-0.25, -0.2) is 8.78 Å². The van der Waals surface area contributed by atoms with Crippen LogP contribution in [-0.4, -0.2) is 114 Å². The van der Waals surface area contributed by atoms with Crippen molar-refractivity contribution in [1.82, 2.24) is 35.4 Å². The Kier molecular flexibility index (Phi) is 12.8. The first-order chi connectivity index (χ1) is 23.7. The molecule has 3 aromatic rings. The average molecular weight is 682 g/mol. The molecule has 0 radical (unpaired) electrons. The SMILES string of the molecule is O=C1COCCOCCNC(=O)C[C@@H]2CCN(C[C@@H]2CCn2cc(-c3ccc(F)cc3)nn2)C(=O)CN(C(=O)c2ccc(F)cc2)CCN1. The second-order valence-corrected chi connectivity index (χ2v) is 12.1. The number of halogens is 2. The summed E-state index contributed by atoms with van der Waals surface area (Å²) in [6, 6.07) is 11.1. The number of carbonyl (C=O) groups excluding carboxylic acids is 4. The van der Waals surface area contributed by atoms with Crippen LogP contribution in [0.25, 0.3) is 11.3 Å². The molecular weight excluding hydrogens is 640 g/mol. The number of piperidine rings is 1. The minimum atomic E-state index is -0.493. The van der Waals surface area contributed by atoms with Crippen molar-refractivity contribution in [1.29, 1.82) is 0 Å². The highest BCUT2D eigenvalue weighted by Gasteiger charge is 2.34. The number of carbonyl (C=O) groups is 4. The Hall–Kier alpha value is -4.76. The zero-order chi connectivity index (χ0) is 34.6. The number of benzene rings is 2. The number of ether oxygens (including phenoxy) is 2. The van der Waals surface area contributed by atoms with Crippen LogP contribution in [-0.2, 0) is 30.4 Å². The predicted octanol–water partition coefficient (Wildman–Crippen LogP) is 1.89. The quantitative estimate of drug-likeness (QED) is 0.388. The lowest BCUT2D eigenvalue weighted by Gasteiger charge is -2.39. The zero-order valence-corrected chi connectivity index (χ0v) is 27.2. The molecule has 0 saturated carbocycles. The third-order valence-corrected chi connectivity index (χ3v) is 8.68. The van der Waals surface area contributed by atoms with Gasteiger partial charge in [-0.1, -0.05) is 5.21 Å². The van der Waals surface area contributed by atoms with Crippen LogP contribution in [0.4, 0.5) is 8.78 Å². The molecule has 2 aromatic carbocycles. The van der Waals surface area contributed by atoms with Crippen molar-refractivity contribution in [3.63, 3.8) is 0 Å². The molecule has 0 spiro atoms. The third kappa shape index (κ3) is 10.6. The van der Waals surface area contributed by atoms with Crippen molar-refractivity contribution in [3.05, 3.63) is 71.9 Å². The van der Waals surface area contributed by atoms with Crippen LogP contribution in [0, 0.1) is 23.5 Å². The highest BCUT2D eigenvalue weighted by molar-refractivity contribution is 5.96. The maximum Gasteiger partial charge on any atom is 0.254 e. The lowest BCUT2D eigenvalue weighted by Crippen LogP contribution is -2.50. The van der Waals surface area contributed by atoms with E-state index in [0.717, 1.165) is 5.56 Å². The van der Waals surface area contributed by atoms with E-state index in [2.05, 4.69) is 20.9 Å². The summed E-state index contributed by atoms with van der Waals surface area (Å²) in [5.41, 5.74) is 1.54. The molecule has 49 heavy (non-hydrogen) atoms. The zero-order valence-electron chi connectivity index (χ0n) is 27.2. The monoisotopic (exact) mass is 681 g/mol. The normalized spacial score (nSPS) is 20.7. The molecule has 3 aliphatic heterocycles. The molecule has 0 aliphatic carbocycles. The number of nitrogens with one attached hydrogen (secondary N) is 2. The van der Waals surface area contributed by atoms with Crippen LogP contribution >= 0.6 is 0 Å². The van der Waals surface area contributed by atoms with Crippen molar-refractivity contribution in [3.8, 4) is 11.3 Å². The van der Waals surface area contributed by atoms with Gasteiger partial charge in [-0.3, -0.25) is 23.9 Å². The molecule has 4 amide bonds. The largest absolute Gasteiger partial charge is 0.377 e. The Bertz CT molecular complexity index is 1570. The second kappa shape index (κ2) is 17.6. The number of hydrogen-bond donors (Lipinski definition) is 2. The van der Waals surface area contributed by atoms with Gasteiger partial charge in [0.15, 0.2) is 0 Å². The number of aromatic nitrogens is 3. The Morgan fingerprint density at radius 1 is 0.878 bits per heavy atom. The van der Waals surface area contributed by atoms with Crippen molar-refractivity contribution < 1.29 is 37.4 Å². The van der Waals surface area contributed by atoms with Crippen LogP contribution in [0.5, 0.6) is 0 Å². The van der Waals surface area contributed by atoms with E-state index in [1.54, 1.807) is 27.9 Å². The van der Waals surface area contributed by atoms with Gasteiger partial charge in [0.2, 0.25) is 17.7 Å². The molecule has 2 atom stereocenters. The Morgan fingerprint density at radius 3 is 2.37 bits per heavy atom. The van der Waals surface area contributed by atoms with Gasteiger partial charge >= 0.3 is 0 Å². The number of nitrogens with zero attached hydrogens (tertiary/aromatic N) is 5. The molecule has 6 rings (SSSR count). The van der Waals surface area contributed by atoms with E-state index in [-0.39, 0.29) is 93.4 Å². The molecule has 2 bridgehead atoms. The molecule has 3 saturated heterocycles. The topological polar surface area (TPSA) is 148 Å². The fraction of sp³-hybridized carbons (Fsp3) is 0.471. The van der Waals surface area contributed by atoms with Crippen LogP contribution in [0.1, 0.15) is 29.6 Å². The highest BCUT2D eigenvalue weighted by atomic mass is 19.1. The molecule has 262 valence electrons. The molecule has 15 heteroatoms. The van der Waals surface area contributed by atoms with Gasteiger partial charge in [0, 0.05) is 56.8 Å². The molecule has 4 heterocycles. The Labute approximate surface area is 282 Å². The van der Waals surface area contributed by atoms with Gasteiger partial charge < -0.3 is 29.9 Å². The van der Waals surface area contributed by atoms with Gasteiger partial charge in [-0.05, 0) is 73.2 Å². The van der Waals surface area contributed by atoms with E-state index in [4.69, 9.17) is 9.47 Å². The molecule has 3 aliphatic rings. The summed E-state index contributed by atoms with van der Waals surface area (Å²) in [4.78, 5) is 55.5. The standard InChI is InChI=1S/C34H41F2N7O6/c35-28-5-1-24(2-6-28)30-21-43(40-39-30)14-10-27-20-41-13-9-26(27)19-31(44)38-12-16-48-17-18-49-23-32(45)37-11-15-42(22-33(41)46)34(47)25-3-7-29(36)8-4-25/h1-8,21,26-27H,9-20,22-23H2,(H,37,45)(H,38,44)/t26-,27-/m0/s1. The van der Waals surface area contributed by atoms with E-state index < -0.39 is 11.7 Å². The second-order valence-electron chi connectivity index (χ2n) is 12.1. The van der Waals surface area contributed by atoms with E-state index in [1.807, 2.05) is 0 Å². The van der Waals surface area contributed by atoms with Gasteiger partial charge in [0.1, 0.15) is 30.5 Å². The smallest absolute Gasteiger partial charge is 0.254 e. The van der Waals surface area contributed by atoms with Crippen LogP contribution in [0.2, 0.25) is 0 Å². The molecule has 3 fully saturated rings. The fourth-order valence-corrected chi connectivity index (χ4v) is 5.99.